The zero-order chi connectivity index (χ0) is 18.0. The molecule has 25 heavy (non-hydrogen) atoms. The lowest BCUT2D eigenvalue weighted by atomic mass is 10.2. The van der Waals surface area contributed by atoms with Crippen LogP contribution in [-0.4, -0.2) is 28.5 Å². The number of nitrogens with one attached hydrogen (secondary N) is 2. The van der Waals surface area contributed by atoms with E-state index in [4.69, 9.17) is 5.14 Å². The molecule has 0 aliphatic heterocycles. The molecule has 2 aromatic heterocycles. The Hall–Kier alpha value is -2.83. The van der Waals surface area contributed by atoms with E-state index in [2.05, 4.69) is 20.5 Å². The molecule has 10 nitrogen and oxygen atoms in total. The first-order valence-corrected chi connectivity index (χ1v) is 9.27. The second-order valence-electron chi connectivity index (χ2n) is 4.92. The molecule has 1 aromatic carbocycles. The summed E-state index contributed by atoms with van der Waals surface area (Å²) in [5.74, 6) is 1.01. The van der Waals surface area contributed by atoms with Crippen molar-refractivity contribution < 1.29 is 13.3 Å². The van der Waals surface area contributed by atoms with Crippen molar-refractivity contribution in [2.75, 3.05) is 5.32 Å². The highest BCUT2D eigenvalue weighted by atomic mass is 32.2. The summed E-state index contributed by atoms with van der Waals surface area (Å²) < 4.78 is 22.7. The molecule has 3 aromatic rings. The number of thiophene rings is 1. The summed E-state index contributed by atoms with van der Waals surface area (Å²) in [4.78, 5) is 15.3. The zero-order valence-corrected chi connectivity index (χ0v) is 14.2. The lowest BCUT2D eigenvalue weighted by molar-refractivity contribution is -0.384. The van der Waals surface area contributed by atoms with Crippen molar-refractivity contribution in [3.8, 4) is 10.7 Å². The molecule has 0 fully saturated rings. The lowest BCUT2D eigenvalue weighted by Crippen LogP contribution is -2.13. The van der Waals surface area contributed by atoms with Crippen molar-refractivity contribution in [3.63, 3.8) is 0 Å². The topological polar surface area (TPSA) is 157 Å². The Morgan fingerprint density at radius 2 is 2.16 bits per heavy atom. The van der Waals surface area contributed by atoms with Crippen LogP contribution in [0.2, 0.25) is 0 Å². The quantitative estimate of drug-likeness (QED) is 0.434. The summed E-state index contributed by atoms with van der Waals surface area (Å²) >= 11 is 1.49. The van der Waals surface area contributed by atoms with Crippen molar-refractivity contribution >= 4 is 32.7 Å². The number of nitrogens with zero attached hydrogens (tertiary/aromatic N) is 3. The number of aromatic amines is 1. The van der Waals surface area contributed by atoms with E-state index in [-0.39, 0.29) is 17.1 Å². The number of benzene rings is 1. The zero-order valence-electron chi connectivity index (χ0n) is 12.5. The van der Waals surface area contributed by atoms with Crippen LogP contribution >= 0.6 is 11.3 Å². The van der Waals surface area contributed by atoms with Crippen molar-refractivity contribution in [2.24, 2.45) is 5.14 Å². The Bertz CT molecular complexity index is 1010. The monoisotopic (exact) mass is 380 g/mol. The highest BCUT2D eigenvalue weighted by Gasteiger charge is 2.19. The van der Waals surface area contributed by atoms with Crippen molar-refractivity contribution in [1.82, 2.24) is 15.2 Å². The highest BCUT2D eigenvalue weighted by molar-refractivity contribution is 7.89. The van der Waals surface area contributed by atoms with Crippen molar-refractivity contribution in [1.29, 1.82) is 0 Å². The molecule has 2 heterocycles. The molecule has 130 valence electrons. The third-order valence-corrected chi connectivity index (χ3v) is 4.99. The summed E-state index contributed by atoms with van der Waals surface area (Å²) in [6.07, 6.45) is 0. The van der Waals surface area contributed by atoms with E-state index >= 15 is 0 Å². The van der Waals surface area contributed by atoms with Gasteiger partial charge in [0, 0.05) is 6.07 Å². The summed E-state index contributed by atoms with van der Waals surface area (Å²) in [5.41, 5.74) is -0.254. The fraction of sp³-hybridized carbons (Fsp3) is 0.0769. The van der Waals surface area contributed by atoms with Gasteiger partial charge in [-0.3, -0.25) is 15.2 Å². The fourth-order valence-electron chi connectivity index (χ4n) is 2.06. The van der Waals surface area contributed by atoms with E-state index in [1.165, 1.54) is 23.5 Å². The highest BCUT2D eigenvalue weighted by Crippen LogP contribution is 2.27. The van der Waals surface area contributed by atoms with Gasteiger partial charge in [-0.1, -0.05) is 6.07 Å². The summed E-state index contributed by atoms with van der Waals surface area (Å²) in [7, 11) is -4.02. The van der Waals surface area contributed by atoms with E-state index in [0.717, 1.165) is 10.9 Å². The summed E-state index contributed by atoms with van der Waals surface area (Å²) in [6.45, 7) is 0.147. The predicted octanol–water partition coefficient (Wildman–Crippen LogP) is 1.70. The van der Waals surface area contributed by atoms with Crippen LogP contribution in [0.4, 0.5) is 11.4 Å². The molecule has 0 bridgehead atoms. The maximum atomic E-state index is 11.3. The van der Waals surface area contributed by atoms with Crippen LogP contribution in [0.25, 0.3) is 10.7 Å². The molecule has 0 aliphatic carbocycles. The number of hydrogen-bond acceptors (Lipinski definition) is 8. The van der Waals surface area contributed by atoms with Gasteiger partial charge in [0.15, 0.2) is 5.82 Å². The van der Waals surface area contributed by atoms with E-state index in [1.54, 1.807) is 0 Å². The van der Waals surface area contributed by atoms with Gasteiger partial charge in [0.25, 0.3) is 5.69 Å². The van der Waals surface area contributed by atoms with Crippen LogP contribution < -0.4 is 10.5 Å². The lowest BCUT2D eigenvalue weighted by Gasteiger charge is -2.06. The third-order valence-electron chi connectivity index (χ3n) is 3.21. The molecule has 0 spiro atoms. The molecular weight excluding hydrogens is 368 g/mol. The van der Waals surface area contributed by atoms with E-state index in [9.17, 15) is 18.5 Å². The normalized spacial score (nSPS) is 11.4. The molecule has 0 saturated carbocycles. The number of H-pyrrole nitrogens is 1. The van der Waals surface area contributed by atoms with Crippen molar-refractivity contribution in [2.45, 2.75) is 11.4 Å². The Morgan fingerprint density at radius 1 is 1.36 bits per heavy atom. The standard InChI is InChI=1S/C13H12N6O4S2/c14-25(22,23)8-3-4-9(10(6-8)19(20)21)15-7-12-16-13(18-17-12)11-2-1-5-24-11/h1-6,15H,7H2,(H2,14,22,23)(H,16,17,18). The second kappa shape index (κ2) is 6.58. The molecule has 0 amide bonds. The number of sulfonamides is 1. The number of primary sulfonamides is 1. The fourth-order valence-corrected chi connectivity index (χ4v) is 3.25. The Morgan fingerprint density at radius 3 is 2.80 bits per heavy atom. The van der Waals surface area contributed by atoms with Gasteiger partial charge in [-0.15, -0.1) is 11.3 Å². The minimum Gasteiger partial charge on any atom is -0.372 e. The predicted molar refractivity (Wildman–Crippen MR) is 91.5 cm³/mol. The Kier molecular flexibility index (Phi) is 4.48. The smallest absolute Gasteiger partial charge is 0.293 e. The van der Waals surface area contributed by atoms with E-state index in [1.807, 2.05) is 17.5 Å². The van der Waals surface area contributed by atoms with Gasteiger partial charge in [0.1, 0.15) is 11.5 Å². The minimum atomic E-state index is -4.02. The van der Waals surface area contributed by atoms with Crippen molar-refractivity contribution in [3.05, 3.63) is 51.7 Å². The number of nitro benzene ring substituents is 1. The molecular formula is C13H12N6O4S2. The number of nitro groups is 1. The summed E-state index contributed by atoms with van der Waals surface area (Å²) in [5, 5.41) is 27.7. The molecule has 3 rings (SSSR count). The largest absolute Gasteiger partial charge is 0.372 e. The van der Waals surface area contributed by atoms with Crippen LogP contribution in [0.3, 0.4) is 0 Å². The first-order valence-electron chi connectivity index (χ1n) is 6.85. The van der Waals surface area contributed by atoms with Crippen LogP contribution in [-0.2, 0) is 16.6 Å². The molecule has 0 atom stereocenters. The van der Waals surface area contributed by atoms with Gasteiger partial charge < -0.3 is 5.32 Å². The van der Waals surface area contributed by atoms with Crippen LogP contribution in [0, 0.1) is 10.1 Å². The number of nitrogens with two attached hydrogens (primary N) is 1. The van der Waals surface area contributed by atoms with Crippen LogP contribution in [0.1, 0.15) is 5.82 Å². The van der Waals surface area contributed by atoms with Gasteiger partial charge in [-0.05, 0) is 23.6 Å². The average Bonchev–Trinajstić information content (AvgIpc) is 3.22. The Labute approximate surface area is 145 Å². The molecule has 4 N–H and O–H groups in total. The number of anilines is 1. The maximum Gasteiger partial charge on any atom is 0.293 e. The summed E-state index contributed by atoms with van der Waals surface area (Å²) in [6, 6.07) is 7.15. The maximum absolute atomic E-state index is 11.3. The first kappa shape index (κ1) is 17.0. The van der Waals surface area contributed by atoms with Gasteiger partial charge >= 0.3 is 0 Å². The number of aromatic nitrogens is 3. The number of hydrogen-bond donors (Lipinski definition) is 3. The van der Waals surface area contributed by atoms with Gasteiger partial charge in [0.05, 0.1) is 21.2 Å². The molecule has 0 unspecified atom stereocenters. The van der Waals surface area contributed by atoms with Gasteiger partial charge in [-0.2, -0.15) is 5.10 Å². The SMILES string of the molecule is NS(=O)(=O)c1ccc(NCc2nc(-c3cccs3)n[nH]2)c([N+](=O)[O-])c1. The minimum absolute atomic E-state index is 0.145. The van der Waals surface area contributed by atoms with Gasteiger partial charge in [-0.25, -0.2) is 18.5 Å². The molecule has 0 saturated heterocycles. The second-order valence-corrected chi connectivity index (χ2v) is 7.43. The first-order chi connectivity index (χ1) is 11.8. The third kappa shape index (κ3) is 3.81. The Balaban J connectivity index is 1.80. The van der Waals surface area contributed by atoms with Gasteiger partial charge in [0.2, 0.25) is 10.0 Å². The van der Waals surface area contributed by atoms with E-state index < -0.39 is 20.6 Å². The van der Waals surface area contributed by atoms with E-state index in [0.29, 0.717) is 11.6 Å². The molecule has 12 heteroatoms. The number of rotatable bonds is 6. The molecule has 0 aliphatic rings. The average molecular weight is 380 g/mol. The van der Waals surface area contributed by atoms with Crippen LogP contribution in [0.15, 0.2) is 40.6 Å². The van der Waals surface area contributed by atoms with Crippen LogP contribution in [0.5, 0.6) is 0 Å². The molecule has 0 radical (unpaired) electrons.